The van der Waals surface area contributed by atoms with Crippen LogP contribution >= 0.6 is 0 Å². The SMILES string of the molecule is O=S(=O)(O)c1cccc2c(-c3ccc(Nc4ccccc4)c4c(S(=O)(=O)O)cccc34)ccc(Nc3ccccc3)c12.[K].[K]. The molecule has 6 aromatic rings. The monoisotopic (exact) mass is 674 g/mol. The van der Waals surface area contributed by atoms with Crippen molar-refractivity contribution < 1.29 is 25.9 Å². The van der Waals surface area contributed by atoms with Crippen molar-refractivity contribution in [3.63, 3.8) is 0 Å². The van der Waals surface area contributed by atoms with Gasteiger partial charge in [-0.25, -0.2) is 0 Å². The van der Waals surface area contributed by atoms with Crippen LogP contribution in [0.25, 0.3) is 32.7 Å². The first kappa shape index (κ1) is 35.4. The van der Waals surface area contributed by atoms with Crippen molar-refractivity contribution in [2.24, 2.45) is 0 Å². The second-order valence-corrected chi connectivity index (χ2v) is 12.4. The first-order valence-corrected chi connectivity index (χ1v) is 15.7. The zero-order valence-electron chi connectivity index (χ0n) is 23.9. The normalized spacial score (nSPS) is 11.4. The number of hydrogen-bond donors (Lipinski definition) is 4. The number of fused-ring (bicyclic) bond motifs is 2. The van der Waals surface area contributed by atoms with E-state index in [1.54, 1.807) is 48.5 Å². The smallest absolute Gasteiger partial charge is 0.295 e. The molecule has 0 atom stereocenters. The van der Waals surface area contributed by atoms with Crippen molar-refractivity contribution >= 4 is 167 Å². The van der Waals surface area contributed by atoms with E-state index in [9.17, 15) is 25.9 Å². The Balaban J connectivity index is 0.00000221. The van der Waals surface area contributed by atoms with Gasteiger partial charge >= 0.3 is 0 Å². The maximum absolute atomic E-state index is 12.5. The van der Waals surface area contributed by atoms with Crippen LogP contribution in [0.1, 0.15) is 0 Å². The molecule has 12 heteroatoms. The maximum Gasteiger partial charge on any atom is 0.295 e. The van der Waals surface area contributed by atoms with Gasteiger partial charge < -0.3 is 10.6 Å². The molecule has 0 heterocycles. The molecule has 4 N–H and O–H groups in total. The van der Waals surface area contributed by atoms with E-state index in [-0.39, 0.29) is 123 Å². The first-order valence-electron chi connectivity index (χ1n) is 12.8. The largest absolute Gasteiger partial charge is 0.355 e. The van der Waals surface area contributed by atoms with Gasteiger partial charge in [0.2, 0.25) is 0 Å². The molecule has 0 amide bonds. The van der Waals surface area contributed by atoms with Gasteiger partial charge in [0.25, 0.3) is 20.2 Å². The third kappa shape index (κ3) is 7.40. The number of para-hydroxylation sites is 2. The topological polar surface area (TPSA) is 133 Å². The van der Waals surface area contributed by atoms with Crippen molar-refractivity contribution in [1.82, 2.24) is 0 Å². The van der Waals surface area contributed by atoms with Crippen LogP contribution in [0.4, 0.5) is 22.7 Å². The summed E-state index contributed by atoms with van der Waals surface area (Å²) in [6.45, 7) is 0. The van der Waals surface area contributed by atoms with Crippen LogP contribution in [0.5, 0.6) is 0 Å². The summed E-state index contributed by atoms with van der Waals surface area (Å²) >= 11 is 0. The van der Waals surface area contributed by atoms with Gasteiger partial charge in [-0.2, -0.15) is 16.8 Å². The summed E-state index contributed by atoms with van der Waals surface area (Å²) in [6, 6.07) is 34.7. The molecule has 6 aromatic carbocycles. The third-order valence-corrected chi connectivity index (χ3v) is 8.75. The summed E-state index contributed by atoms with van der Waals surface area (Å²) in [6.07, 6.45) is 0. The molecule has 212 valence electrons. The van der Waals surface area contributed by atoms with Crippen LogP contribution in [-0.2, 0) is 20.2 Å². The van der Waals surface area contributed by atoms with Crippen LogP contribution in [0.3, 0.4) is 0 Å². The van der Waals surface area contributed by atoms with E-state index in [1.165, 1.54) is 12.1 Å². The van der Waals surface area contributed by atoms with E-state index < -0.39 is 20.2 Å². The Bertz CT molecular complexity index is 2040. The molecule has 6 rings (SSSR count). The molecule has 0 aromatic heterocycles. The number of nitrogens with one attached hydrogen (secondary N) is 2. The molecule has 0 saturated heterocycles. The van der Waals surface area contributed by atoms with Gasteiger partial charge in [-0.3, -0.25) is 9.11 Å². The molecule has 0 spiro atoms. The van der Waals surface area contributed by atoms with Crippen LogP contribution in [0.15, 0.2) is 131 Å². The van der Waals surface area contributed by atoms with Crippen LogP contribution in [-0.4, -0.2) is 129 Å². The zero-order valence-corrected chi connectivity index (χ0v) is 31.8. The third-order valence-electron chi connectivity index (χ3n) is 6.96. The molecular formula is C32H24K2N2O6S2. The second-order valence-electron chi connectivity index (χ2n) is 9.61. The quantitative estimate of drug-likeness (QED) is 0.106. The Kier molecular flexibility index (Phi) is 11.7. The van der Waals surface area contributed by atoms with Crippen molar-refractivity contribution in [1.29, 1.82) is 0 Å². The molecule has 0 bridgehead atoms. The summed E-state index contributed by atoms with van der Waals surface area (Å²) in [5.74, 6) is 0. The Hall–Kier alpha value is -1.47. The molecule has 0 aliphatic heterocycles. The van der Waals surface area contributed by atoms with Crippen molar-refractivity contribution in [3.8, 4) is 11.1 Å². The number of anilines is 4. The fourth-order valence-electron chi connectivity index (χ4n) is 5.21. The number of hydrogen-bond acceptors (Lipinski definition) is 6. The zero-order chi connectivity index (χ0) is 29.5. The molecule has 0 aliphatic rings. The van der Waals surface area contributed by atoms with Gasteiger partial charge in [0.1, 0.15) is 9.79 Å². The van der Waals surface area contributed by atoms with Gasteiger partial charge in [-0.15, -0.1) is 0 Å². The fraction of sp³-hybridized carbons (Fsp3) is 0. The van der Waals surface area contributed by atoms with Crippen LogP contribution in [0, 0.1) is 0 Å². The molecule has 0 saturated carbocycles. The molecule has 0 unspecified atom stereocenters. The van der Waals surface area contributed by atoms with E-state index in [1.807, 2.05) is 60.7 Å². The molecule has 44 heavy (non-hydrogen) atoms. The van der Waals surface area contributed by atoms with Crippen LogP contribution < -0.4 is 10.6 Å². The van der Waals surface area contributed by atoms with Gasteiger partial charge in [0.15, 0.2) is 0 Å². The van der Waals surface area contributed by atoms with E-state index in [4.69, 9.17) is 0 Å². The van der Waals surface area contributed by atoms with E-state index in [2.05, 4.69) is 10.6 Å². The van der Waals surface area contributed by atoms with E-state index in [0.29, 0.717) is 33.3 Å². The fourth-order valence-corrected chi connectivity index (χ4v) is 6.67. The standard InChI is InChI=1S/C32H24N2O6S2.2K/c35-41(36,37)29-15-7-13-25-23(17-19-27(31(25)29)33-21-9-3-1-4-10-21)24-18-20-28(34-22-11-5-2-6-12-22)32-26(24)14-8-16-30(32)42(38,39)40;;/h1-20,33-34H,(H,35,36,37)(H,38,39,40);;. The van der Waals surface area contributed by atoms with Gasteiger partial charge in [-0.1, -0.05) is 72.8 Å². The minimum atomic E-state index is -4.62. The van der Waals surface area contributed by atoms with E-state index >= 15 is 0 Å². The minimum Gasteiger partial charge on any atom is -0.355 e. The average Bonchev–Trinajstić information content (AvgIpc) is 2.97. The average molecular weight is 675 g/mol. The summed E-state index contributed by atoms with van der Waals surface area (Å²) < 4.78 is 70.3. The van der Waals surface area contributed by atoms with Gasteiger partial charge in [-0.05, 0) is 70.4 Å². The Morgan fingerprint density at radius 2 is 0.795 bits per heavy atom. The van der Waals surface area contributed by atoms with Gasteiger partial charge in [0.05, 0.1) is 0 Å². The summed E-state index contributed by atoms with van der Waals surface area (Å²) in [4.78, 5) is -0.545. The Morgan fingerprint density at radius 3 is 1.14 bits per heavy atom. The molecular weight excluding hydrogens is 651 g/mol. The van der Waals surface area contributed by atoms with Crippen molar-refractivity contribution in [2.45, 2.75) is 9.79 Å². The van der Waals surface area contributed by atoms with Crippen LogP contribution in [0.2, 0.25) is 0 Å². The second kappa shape index (κ2) is 14.5. The molecule has 0 fully saturated rings. The number of rotatable bonds is 7. The van der Waals surface area contributed by atoms with Crippen molar-refractivity contribution in [3.05, 3.63) is 121 Å². The predicted molar refractivity (Wildman–Crippen MR) is 177 cm³/mol. The Morgan fingerprint density at radius 1 is 0.432 bits per heavy atom. The van der Waals surface area contributed by atoms with E-state index in [0.717, 1.165) is 11.4 Å². The van der Waals surface area contributed by atoms with Crippen molar-refractivity contribution in [2.75, 3.05) is 10.6 Å². The summed E-state index contributed by atoms with van der Waals surface area (Å²) in [5.41, 5.74) is 3.54. The number of benzene rings is 6. The summed E-state index contributed by atoms with van der Waals surface area (Å²) in [7, 11) is -9.23. The molecule has 2 radical (unpaired) electrons. The summed E-state index contributed by atoms with van der Waals surface area (Å²) in [5, 5.41) is 8.04. The molecule has 8 nitrogen and oxygen atoms in total. The minimum absolute atomic E-state index is 0. The predicted octanol–water partition coefficient (Wildman–Crippen LogP) is 6.88. The molecule has 0 aliphatic carbocycles. The van der Waals surface area contributed by atoms with Gasteiger partial charge in [0, 0.05) is 136 Å². The Labute approximate surface area is 340 Å². The maximum atomic E-state index is 12.5. The first-order chi connectivity index (χ1) is 20.1.